The van der Waals surface area contributed by atoms with Crippen molar-refractivity contribution in [2.24, 2.45) is 4.99 Å². The molecule has 0 spiro atoms. The van der Waals surface area contributed by atoms with Gasteiger partial charge in [0.25, 0.3) is 0 Å². The molecule has 0 aliphatic carbocycles. The Morgan fingerprint density at radius 2 is 2.18 bits per heavy atom. The first kappa shape index (κ1) is 11.6. The summed E-state index contributed by atoms with van der Waals surface area (Å²) >= 11 is 0. The van der Waals surface area contributed by atoms with Gasteiger partial charge in [-0.05, 0) is 18.1 Å². The minimum atomic E-state index is -0.419. The third-order valence-electron chi connectivity index (χ3n) is 2.67. The Bertz CT molecular complexity index is 462. The van der Waals surface area contributed by atoms with Crippen LogP contribution in [0.4, 0.5) is 0 Å². The molecule has 0 N–H and O–H groups in total. The van der Waals surface area contributed by atoms with E-state index >= 15 is 0 Å². The summed E-state index contributed by atoms with van der Waals surface area (Å²) in [6.45, 7) is 6.15. The van der Waals surface area contributed by atoms with Gasteiger partial charge in [0.2, 0.25) is 0 Å². The zero-order valence-electron chi connectivity index (χ0n) is 9.85. The number of hydrogen-bond donors (Lipinski definition) is 0. The average molecular weight is 229 g/mol. The Kier molecular flexibility index (Phi) is 3.38. The Morgan fingerprint density at radius 3 is 2.82 bits per heavy atom. The second kappa shape index (κ2) is 4.95. The molecule has 1 aliphatic rings. The van der Waals surface area contributed by atoms with Crippen LogP contribution in [-0.2, 0) is 9.53 Å². The SMILES string of the molecule is C=C1CC(C(=O)OCC)N=C1c1ccccc1. The molecule has 0 saturated heterocycles. The second-order valence-corrected chi connectivity index (χ2v) is 3.92. The van der Waals surface area contributed by atoms with Crippen LogP contribution in [0.25, 0.3) is 0 Å². The first-order valence-corrected chi connectivity index (χ1v) is 5.70. The van der Waals surface area contributed by atoms with Crippen molar-refractivity contribution < 1.29 is 9.53 Å². The summed E-state index contributed by atoms with van der Waals surface area (Å²) in [5.41, 5.74) is 2.72. The van der Waals surface area contributed by atoms with Gasteiger partial charge >= 0.3 is 5.97 Å². The van der Waals surface area contributed by atoms with E-state index in [-0.39, 0.29) is 5.97 Å². The van der Waals surface area contributed by atoms with E-state index in [1.165, 1.54) is 0 Å². The average Bonchev–Trinajstić information content (AvgIpc) is 2.73. The summed E-state index contributed by atoms with van der Waals surface area (Å²) < 4.78 is 4.97. The fraction of sp³-hybridized carbons (Fsp3) is 0.286. The molecule has 0 bridgehead atoms. The molecule has 17 heavy (non-hydrogen) atoms. The molecule has 3 heteroatoms. The number of benzene rings is 1. The van der Waals surface area contributed by atoms with Crippen LogP contribution in [0.15, 0.2) is 47.5 Å². The summed E-state index contributed by atoms with van der Waals surface area (Å²) in [5, 5.41) is 0. The lowest BCUT2D eigenvalue weighted by Gasteiger charge is -2.04. The number of esters is 1. The highest BCUT2D eigenvalue weighted by Gasteiger charge is 2.28. The molecule has 88 valence electrons. The molecule has 1 unspecified atom stereocenters. The summed E-state index contributed by atoms with van der Waals surface area (Å²) in [6, 6.07) is 9.36. The van der Waals surface area contributed by atoms with Crippen molar-refractivity contribution in [2.45, 2.75) is 19.4 Å². The maximum atomic E-state index is 11.6. The maximum Gasteiger partial charge on any atom is 0.331 e. The summed E-state index contributed by atoms with van der Waals surface area (Å²) in [7, 11) is 0. The molecule has 3 nitrogen and oxygen atoms in total. The molecule has 1 aromatic carbocycles. The standard InChI is InChI=1S/C14H15NO2/c1-3-17-14(16)12-9-10(2)13(15-12)11-7-5-4-6-8-11/h4-8,12H,2-3,9H2,1H3. The number of rotatable bonds is 3. The maximum absolute atomic E-state index is 11.6. The third kappa shape index (κ3) is 2.44. The van der Waals surface area contributed by atoms with Gasteiger partial charge in [-0.25, -0.2) is 4.79 Å². The van der Waals surface area contributed by atoms with Crippen molar-refractivity contribution in [3.05, 3.63) is 48.0 Å². The van der Waals surface area contributed by atoms with E-state index in [1.807, 2.05) is 30.3 Å². The van der Waals surface area contributed by atoms with Gasteiger partial charge in [0, 0.05) is 6.42 Å². The summed E-state index contributed by atoms with van der Waals surface area (Å²) in [4.78, 5) is 16.0. The second-order valence-electron chi connectivity index (χ2n) is 3.92. The first-order valence-electron chi connectivity index (χ1n) is 5.70. The normalized spacial score (nSPS) is 19.0. The van der Waals surface area contributed by atoms with E-state index in [9.17, 15) is 4.79 Å². The van der Waals surface area contributed by atoms with Crippen molar-refractivity contribution in [2.75, 3.05) is 6.61 Å². The molecule has 0 aromatic heterocycles. The van der Waals surface area contributed by atoms with Crippen LogP contribution >= 0.6 is 0 Å². The number of ether oxygens (including phenoxy) is 1. The van der Waals surface area contributed by atoms with Crippen LogP contribution in [0.3, 0.4) is 0 Å². The lowest BCUT2D eigenvalue weighted by Crippen LogP contribution is -2.18. The van der Waals surface area contributed by atoms with E-state index < -0.39 is 6.04 Å². The molecule has 1 atom stereocenters. The molecule has 0 radical (unpaired) electrons. The molecular weight excluding hydrogens is 214 g/mol. The third-order valence-corrected chi connectivity index (χ3v) is 2.67. The number of aliphatic imine (C=N–C) groups is 1. The molecule has 0 amide bonds. The van der Waals surface area contributed by atoms with Crippen LogP contribution in [0, 0.1) is 0 Å². The van der Waals surface area contributed by atoms with E-state index in [1.54, 1.807) is 6.92 Å². The van der Waals surface area contributed by atoms with Crippen LogP contribution in [0.1, 0.15) is 18.9 Å². The molecule has 1 aromatic rings. The zero-order valence-corrected chi connectivity index (χ0v) is 9.85. The van der Waals surface area contributed by atoms with Gasteiger partial charge < -0.3 is 4.74 Å². The topological polar surface area (TPSA) is 38.7 Å². The molecule has 0 fully saturated rings. The van der Waals surface area contributed by atoms with E-state index in [4.69, 9.17) is 4.74 Å². The highest BCUT2D eigenvalue weighted by atomic mass is 16.5. The molecule has 1 heterocycles. The fourth-order valence-corrected chi connectivity index (χ4v) is 1.87. The minimum absolute atomic E-state index is 0.264. The van der Waals surface area contributed by atoms with Gasteiger partial charge in [0.15, 0.2) is 6.04 Å². The van der Waals surface area contributed by atoms with Crippen molar-refractivity contribution in [3.8, 4) is 0 Å². The molecule has 2 rings (SSSR count). The van der Waals surface area contributed by atoms with Gasteiger partial charge in [0.05, 0.1) is 12.3 Å². The fourth-order valence-electron chi connectivity index (χ4n) is 1.87. The smallest absolute Gasteiger partial charge is 0.331 e. The Labute approximate surface area is 101 Å². The van der Waals surface area contributed by atoms with Crippen molar-refractivity contribution in [1.82, 2.24) is 0 Å². The number of hydrogen-bond acceptors (Lipinski definition) is 3. The largest absolute Gasteiger partial charge is 0.464 e. The minimum Gasteiger partial charge on any atom is -0.464 e. The van der Waals surface area contributed by atoms with Gasteiger partial charge in [-0.2, -0.15) is 0 Å². The van der Waals surface area contributed by atoms with Crippen molar-refractivity contribution in [1.29, 1.82) is 0 Å². The van der Waals surface area contributed by atoms with Crippen LogP contribution in [0.5, 0.6) is 0 Å². The Balaban J connectivity index is 2.21. The Morgan fingerprint density at radius 1 is 1.47 bits per heavy atom. The molecule has 1 aliphatic heterocycles. The summed E-state index contributed by atoms with van der Waals surface area (Å²) in [5.74, 6) is -0.264. The predicted octanol–water partition coefficient (Wildman–Crippen LogP) is 2.37. The number of carbonyl (C=O) groups excluding carboxylic acids is 1. The van der Waals surface area contributed by atoms with E-state index in [0.717, 1.165) is 16.8 Å². The quantitative estimate of drug-likeness (QED) is 0.746. The predicted molar refractivity (Wildman–Crippen MR) is 67.2 cm³/mol. The van der Waals surface area contributed by atoms with Gasteiger partial charge in [0.1, 0.15) is 0 Å². The van der Waals surface area contributed by atoms with Crippen LogP contribution in [-0.4, -0.2) is 24.3 Å². The number of nitrogens with zero attached hydrogens (tertiary/aromatic N) is 1. The lowest BCUT2D eigenvalue weighted by atomic mass is 10.0. The molecule has 0 saturated carbocycles. The van der Waals surface area contributed by atoms with Gasteiger partial charge in [-0.1, -0.05) is 36.9 Å². The monoisotopic (exact) mass is 229 g/mol. The van der Waals surface area contributed by atoms with E-state index in [2.05, 4.69) is 11.6 Å². The highest BCUT2D eigenvalue weighted by molar-refractivity contribution is 6.15. The summed E-state index contributed by atoms with van der Waals surface area (Å²) in [6.07, 6.45) is 0.559. The highest BCUT2D eigenvalue weighted by Crippen LogP contribution is 2.23. The van der Waals surface area contributed by atoms with Gasteiger partial charge in [-0.15, -0.1) is 0 Å². The van der Waals surface area contributed by atoms with E-state index in [0.29, 0.717) is 13.0 Å². The Hall–Kier alpha value is -1.90. The molecular formula is C14H15NO2. The zero-order chi connectivity index (χ0) is 12.3. The lowest BCUT2D eigenvalue weighted by molar-refractivity contribution is -0.144. The number of carbonyl (C=O) groups is 1. The van der Waals surface area contributed by atoms with Crippen molar-refractivity contribution >= 4 is 11.7 Å². The van der Waals surface area contributed by atoms with Crippen LogP contribution in [0.2, 0.25) is 0 Å². The van der Waals surface area contributed by atoms with Crippen molar-refractivity contribution in [3.63, 3.8) is 0 Å². The van der Waals surface area contributed by atoms with Gasteiger partial charge in [-0.3, -0.25) is 4.99 Å². The van der Waals surface area contributed by atoms with Crippen LogP contribution < -0.4 is 0 Å². The first-order chi connectivity index (χ1) is 8.22.